The molecule has 0 N–H and O–H groups in total. The van der Waals surface area contributed by atoms with Gasteiger partial charge in [-0.15, -0.1) is 0 Å². The van der Waals surface area contributed by atoms with Crippen LogP contribution in [0.25, 0.3) is 17.4 Å². The lowest BCUT2D eigenvalue weighted by Gasteiger charge is -2.22. The van der Waals surface area contributed by atoms with Crippen LogP contribution in [0.3, 0.4) is 0 Å². The van der Waals surface area contributed by atoms with Gasteiger partial charge in [0.2, 0.25) is 0 Å². The van der Waals surface area contributed by atoms with E-state index in [1.54, 1.807) is 38.1 Å². The number of rotatable bonds is 7. The van der Waals surface area contributed by atoms with Crippen molar-refractivity contribution in [1.82, 2.24) is 4.57 Å². The number of non-ortho nitro benzene ring substituents is 1. The highest BCUT2D eigenvalue weighted by atomic mass is 32.1. The van der Waals surface area contributed by atoms with Gasteiger partial charge in [0.25, 0.3) is 11.2 Å². The van der Waals surface area contributed by atoms with Gasteiger partial charge in [-0.05, 0) is 49.1 Å². The third kappa shape index (κ3) is 5.05. The number of aromatic nitrogens is 1. The third-order valence-corrected chi connectivity index (χ3v) is 7.64. The van der Waals surface area contributed by atoms with Crippen LogP contribution < -0.4 is 14.9 Å². The summed E-state index contributed by atoms with van der Waals surface area (Å²) in [6.45, 7) is 7.79. The van der Waals surface area contributed by atoms with Crippen LogP contribution in [0.5, 0.6) is 0 Å². The van der Waals surface area contributed by atoms with Crippen LogP contribution in [0.4, 0.5) is 5.69 Å². The molecule has 5 rings (SSSR count). The zero-order valence-corrected chi connectivity index (χ0v) is 23.2. The van der Waals surface area contributed by atoms with E-state index in [-0.39, 0.29) is 23.4 Å². The summed E-state index contributed by atoms with van der Waals surface area (Å²) >= 11 is 1.23. The Hall–Kier alpha value is -4.57. The van der Waals surface area contributed by atoms with Crippen molar-refractivity contribution in [1.29, 1.82) is 0 Å². The molecule has 0 aliphatic carbocycles. The molecule has 0 spiro atoms. The lowest BCUT2D eigenvalue weighted by atomic mass is 10.0. The number of hydrogen-bond donors (Lipinski definition) is 0. The standard InChI is InChI=1S/C30H27N3O6S/c1-5-38-29(35)26-18(4)31-30-32(28(34)25(40-30)15-19-9-11-20(12-10-19)17(2)3)27(26)24-14-13-23(39-24)21-7-6-8-22(16-21)33(36)37/h6-17,27H,5H2,1-4H3/b25-15-/t27-/m1/s1. The van der Waals surface area contributed by atoms with Gasteiger partial charge in [-0.25, -0.2) is 9.79 Å². The summed E-state index contributed by atoms with van der Waals surface area (Å²) in [5, 5.41) is 11.3. The minimum absolute atomic E-state index is 0.0761. The maximum Gasteiger partial charge on any atom is 0.338 e. The predicted molar refractivity (Wildman–Crippen MR) is 152 cm³/mol. The average molecular weight is 558 g/mol. The van der Waals surface area contributed by atoms with E-state index >= 15 is 0 Å². The van der Waals surface area contributed by atoms with Crippen molar-refractivity contribution < 1.29 is 18.9 Å². The second-order valence-electron chi connectivity index (χ2n) is 9.63. The number of nitro groups is 1. The third-order valence-electron chi connectivity index (χ3n) is 6.66. The molecule has 2 aromatic carbocycles. The zero-order valence-electron chi connectivity index (χ0n) is 22.4. The normalized spacial score (nSPS) is 15.2. The van der Waals surface area contributed by atoms with Crippen molar-refractivity contribution in [3.63, 3.8) is 0 Å². The van der Waals surface area contributed by atoms with Crippen molar-refractivity contribution >= 4 is 29.1 Å². The summed E-state index contributed by atoms with van der Waals surface area (Å²) in [6.07, 6.45) is 1.81. The van der Waals surface area contributed by atoms with E-state index in [1.807, 2.05) is 30.3 Å². The Morgan fingerprint density at radius 3 is 2.62 bits per heavy atom. The van der Waals surface area contributed by atoms with Crippen molar-refractivity contribution in [3.05, 3.63) is 119 Å². The van der Waals surface area contributed by atoms with E-state index in [1.165, 1.54) is 33.6 Å². The summed E-state index contributed by atoms with van der Waals surface area (Å²) in [7, 11) is 0. The molecule has 9 nitrogen and oxygen atoms in total. The van der Waals surface area contributed by atoms with Crippen molar-refractivity contribution in [2.75, 3.05) is 6.61 Å². The number of allylic oxidation sites excluding steroid dienone is 1. The molecule has 40 heavy (non-hydrogen) atoms. The lowest BCUT2D eigenvalue weighted by molar-refractivity contribution is -0.384. The van der Waals surface area contributed by atoms with Gasteiger partial charge >= 0.3 is 5.97 Å². The van der Waals surface area contributed by atoms with Gasteiger partial charge in [-0.3, -0.25) is 19.5 Å². The number of furan rings is 1. The number of esters is 1. The van der Waals surface area contributed by atoms with Gasteiger partial charge in [-0.2, -0.15) is 0 Å². The molecular formula is C30H27N3O6S. The number of hydrogen-bond acceptors (Lipinski definition) is 8. The maximum absolute atomic E-state index is 13.8. The molecule has 1 aliphatic rings. The molecular weight excluding hydrogens is 530 g/mol. The molecule has 0 fully saturated rings. The van der Waals surface area contributed by atoms with E-state index in [4.69, 9.17) is 9.15 Å². The summed E-state index contributed by atoms with van der Waals surface area (Å²) in [6, 6.07) is 16.5. The lowest BCUT2D eigenvalue weighted by Crippen LogP contribution is -2.39. The Kier molecular flexibility index (Phi) is 7.36. The smallest absolute Gasteiger partial charge is 0.338 e. The molecule has 0 saturated heterocycles. The number of fused-ring (bicyclic) bond motifs is 1. The van der Waals surface area contributed by atoms with E-state index < -0.39 is 16.9 Å². The van der Waals surface area contributed by atoms with Crippen LogP contribution in [-0.2, 0) is 9.53 Å². The molecule has 0 radical (unpaired) electrons. The topological polar surface area (TPSA) is 117 Å². The van der Waals surface area contributed by atoms with Gasteiger partial charge in [0.15, 0.2) is 4.80 Å². The predicted octanol–water partition coefficient (Wildman–Crippen LogP) is 5.09. The number of benzene rings is 2. The molecule has 3 heterocycles. The van der Waals surface area contributed by atoms with Crippen LogP contribution in [0, 0.1) is 10.1 Å². The van der Waals surface area contributed by atoms with Crippen molar-refractivity contribution in [3.8, 4) is 11.3 Å². The van der Waals surface area contributed by atoms with E-state index in [9.17, 15) is 19.7 Å². The summed E-state index contributed by atoms with van der Waals surface area (Å²) in [5.41, 5.74) is 2.80. The molecule has 1 atom stereocenters. The van der Waals surface area contributed by atoms with Crippen molar-refractivity contribution in [2.24, 2.45) is 4.99 Å². The molecule has 10 heteroatoms. The minimum Gasteiger partial charge on any atom is -0.463 e. The fraction of sp³-hybridized carbons (Fsp3) is 0.233. The highest BCUT2D eigenvalue weighted by Crippen LogP contribution is 2.34. The fourth-order valence-electron chi connectivity index (χ4n) is 4.62. The van der Waals surface area contributed by atoms with Crippen LogP contribution in [0.2, 0.25) is 0 Å². The molecule has 2 aromatic heterocycles. The van der Waals surface area contributed by atoms with E-state index in [2.05, 4.69) is 18.8 Å². The number of nitrogens with zero attached hydrogens (tertiary/aromatic N) is 3. The monoisotopic (exact) mass is 557 g/mol. The van der Waals surface area contributed by atoms with Crippen LogP contribution in [0.1, 0.15) is 56.5 Å². The number of thiazole rings is 1. The molecule has 0 saturated carbocycles. The number of carbonyl (C=O) groups excluding carboxylic acids is 1. The van der Waals surface area contributed by atoms with Crippen LogP contribution in [0.15, 0.2) is 86.1 Å². The van der Waals surface area contributed by atoms with Crippen molar-refractivity contribution in [2.45, 2.75) is 39.7 Å². The molecule has 0 unspecified atom stereocenters. The maximum atomic E-state index is 13.8. The number of ether oxygens (including phenoxy) is 1. The largest absolute Gasteiger partial charge is 0.463 e. The first-order chi connectivity index (χ1) is 19.2. The zero-order chi connectivity index (χ0) is 28.6. The SMILES string of the molecule is CCOC(=O)C1=C(C)N=c2s/c(=C\c3ccc(C(C)C)cc3)c(=O)n2[C@@H]1c1ccc(-c2cccc([N+](=O)[O-])c2)o1. The molecule has 0 bridgehead atoms. The Morgan fingerprint density at radius 1 is 1.20 bits per heavy atom. The molecule has 4 aromatic rings. The van der Waals surface area contributed by atoms with Gasteiger partial charge in [-0.1, -0.05) is 61.6 Å². The van der Waals surface area contributed by atoms with Gasteiger partial charge in [0.1, 0.15) is 17.6 Å². The van der Waals surface area contributed by atoms with Crippen LogP contribution in [-0.4, -0.2) is 22.1 Å². The highest BCUT2D eigenvalue weighted by molar-refractivity contribution is 7.07. The summed E-state index contributed by atoms with van der Waals surface area (Å²) < 4.78 is 13.4. The summed E-state index contributed by atoms with van der Waals surface area (Å²) in [5.74, 6) is 0.473. The first kappa shape index (κ1) is 27.0. The minimum atomic E-state index is -0.923. The first-order valence-electron chi connectivity index (χ1n) is 12.8. The van der Waals surface area contributed by atoms with Crippen LogP contribution >= 0.6 is 11.3 Å². The number of carbonyl (C=O) groups is 1. The second kappa shape index (κ2) is 10.9. The Balaban J connectivity index is 1.65. The first-order valence-corrected chi connectivity index (χ1v) is 13.6. The Bertz CT molecular complexity index is 1830. The fourth-order valence-corrected chi connectivity index (χ4v) is 5.66. The highest BCUT2D eigenvalue weighted by Gasteiger charge is 2.35. The average Bonchev–Trinajstić information content (AvgIpc) is 3.53. The van der Waals surface area contributed by atoms with E-state index in [0.29, 0.717) is 38.0 Å². The summed E-state index contributed by atoms with van der Waals surface area (Å²) in [4.78, 5) is 42.7. The molecule has 1 aliphatic heterocycles. The molecule has 0 amide bonds. The Labute approximate surface area is 233 Å². The molecule has 204 valence electrons. The van der Waals surface area contributed by atoms with Gasteiger partial charge < -0.3 is 9.15 Å². The quantitative estimate of drug-likeness (QED) is 0.178. The van der Waals surface area contributed by atoms with E-state index in [0.717, 1.165) is 5.56 Å². The van der Waals surface area contributed by atoms with Gasteiger partial charge in [0.05, 0.1) is 27.3 Å². The number of nitro benzene ring substituents is 1. The Morgan fingerprint density at radius 2 is 1.95 bits per heavy atom. The van der Waals surface area contributed by atoms with Gasteiger partial charge in [0, 0.05) is 17.7 Å². The second-order valence-corrected chi connectivity index (χ2v) is 10.6.